The molecule has 1 aliphatic heterocycles. The molecule has 1 aromatic carbocycles. The third kappa shape index (κ3) is 2.31. The Morgan fingerprint density at radius 3 is 3.08 bits per heavy atom. The first kappa shape index (κ1) is 14.1. The summed E-state index contributed by atoms with van der Waals surface area (Å²) in [5.74, 6) is 1.87. The van der Waals surface area contributed by atoms with Gasteiger partial charge in [-0.05, 0) is 43.9 Å². The molecule has 2 aliphatic rings. The number of hydrogen-bond donors (Lipinski definition) is 0. The first-order valence-corrected chi connectivity index (χ1v) is 9.15. The summed E-state index contributed by atoms with van der Waals surface area (Å²) in [6.07, 6.45) is 4.11. The third-order valence-corrected chi connectivity index (χ3v) is 5.57. The summed E-state index contributed by atoms with van der Waals surface area (Å²) in [5, 5.41) is 4.09. The summed E-state index contributed by atoms with van der Waals surface area (Å²) in [7, 11) is 0. The molecule has 2 aromatic heterocycles. The molecule has 0 spiro atoms. The molecule has 1 aliphatic carbocycles. The fourth-order valence-corrected chi connectivity index (χ4v) is 4.03. The minimum Gasteiger partial charge on any atom is -0.337 e. The molecule has 0 radical (unpaired) electrons. The quantitative estimate of drug-likeness (QED) is 0.729. The average molecular weight is 340 g/mol. The van der Waals surface area contributed by atoms with Crippen molar-refractivity contribution >= 4 is 27.5 Å². The van der Waals surface area contributed by atoms with Crippen LogP contribution in [0.25, 0.3) is 10.2 Å². The topological polar surface area (TPSA) is 72.1 Å². The van der Waals surface area contributed by atoms with E-state index < -0.39 is 0 Å². The highest BCUT2D eigenvalue weighted by molar-refractivity contribution is 7.16. The average Bonchev–Trinajstić information content (AvgIpc) is 3.06. The van der Waals surface area contributed by atoms with Gasteiger partial charge in [0.1, 0.15) is 6.04 Å². The minimum atomic E-state index is -0.102. The van der Waals surface area contributed by atoms with E-state index in [4.69, 9.17) is 4.52 Å². The lowest BCUT2D eigenvalue weighted by Gasteiger charge is -2.21. The fourth-order valence-electron chi connectivity index (χ4n) is 3.31. The van der Waals surface area contributed by atoms with Gasteiger partial charge in [-0.2, -0.15) is 4.98 Å². The maximum absolute atomic E-state index is 13.0. The highest BCUT2D eigenvalue weighted by Crippen LogP contribution is 2.40. The molecule has 1 amide bonds. The molecule has 24 heavy (non-hydrogen) atoms. The Balaban J connectivity index is 1.43. The van der Waals surface area contributed by atoms with Crippen molar-refractivity contribution in [3.8, 4) is 0 Å². The Labute approximate surface area is 142 Å². The van der Waals surface area contributed by atoms with E-state index in [1.807, 2.05) is 23.1 Å². The number of nitrogens with zero attached hydrogens (tertiary/aromatic N) is 4. The van der Waals surface area contributed by atoms with Crippen molar-refractivity contribution in [2.75, 3.05) is 6.54 Å². The maximum Gasteiger partial charge on any atom is 0.254 e. The minimum absolute atomic E-state index is 0.0268. The summed E-state index contributed by atoms with van der Waals surface area (Å²) in [4.78, 5) is 23.6. The van der Waals surface area contributed by atoms with Crippen molar-refractivity contribution in [1.29, 1.82) is 0 Å². The van der Waals surface area contributed by atoms with Gasteiger partial charge in [0.25, 0.3) is 5.91 Å². The summed E-state index contributed by atoms with van der Waals surface area (Å²) < 4.78 is 6.49. The van der Waals surface area contributed by atoms with E-state index in [0.717, 1.165) is 48.3 Å². The van der Waals surface area contributed by atoms with Gasteiger partial charge in [0.05, 0.1) is 15.7 Å². The molecule has 7 heteroatoms. The second-order valence-corrected chi connectivity index (χ2v) is 7.34. The summed E-state index contributed by atoms with van der Waals surface area (Å²) in [6, 6.07) is 5.58. The number of amides is 1. The molecule has 1 saturated carbocycles. The maximum atomic E-state index is 13.0. The Hall–Kier alpha value is -2.28. The van der Waals surface area contributed by atoms with Crippen molar-refractivity contribution in [1.82, 2.24) is 20.0 Å². The SMILES string of the molecule is O=C(c1ccc2ncsc2c1)N1CCCC1c1nc(C2CC2)no1. The van der Waals surface area contributed by atoms with Crippen LogP contribution < -0.4 is 0 Å². The van der Waals surface area contributed by atoms with Crippen LogP contribution >= 0.6 is 11.3 Å². The first-order chi connectivity index (χ1) is 11.8. The number of likely N-dealkylation sites (tertiary alicyclic amines) is 1. The molecule has 3 heterocycles. The number of thiazole rings is 1. The molecular weight excluding hydrogens is 324 g/mol. The number of carbonyl (C=O) groups is 1. The van der Waals surface area contributed by atoms with Gasteiger partial charge >= 0.3 is 0 Å². The van der Waals surface area contributed by atoms with Crippen molar-refractivity contribution in [2.45, 2.75) is 37.6 Å². The van der Waals surface area contributed by atoms with Gasteiger partial charge in [-0.15, -0.1) is 11.3 Å². The van der Waals surface area contributed by atoms with E-state index >= 15 is 0 Å². The molecule has 3 aromatic rings. The number of hydrogen-bond acceptors (Lipinski definition) is 6. The van der Waals surface area contributed by atoms with Gasteiger partial charge in [-0.25, -0.2) is 4.98 Å². The molecular formula is C17H16N4O2S. The van der Waals surface area contributed by atoms with Crippen LogP contribution in [0.1, 0.15) is 59.7 Å². The molecule has 0 bridgehead atoms. The summed E-state index contributed by atoms with van der Waals surface area (Å²) in [6.45, 7) is 0.728. The van der Waals surface area contributed by atoms with Gasteiger partial charge in [-0.1, -0.05) is 5.16 Å². The Kier molecular flexibility index (Phi) is 3.16. The first-order valence-electron chi connectivity index (χ1n) is 8.27. The van der Waals surface area contributed by atoms with E-state index in [-0.39, 0.29) is 11.9 Å². The van der Waals surface area contributed by atoms with Crippen LogP contribution in [0.5, 0.6) is 0 Å². The fraction of sp³-hybridized carbons (Fsp3) is 0.412. The Bertz CT molecular complexity index is 914. The van der Waals surface area contributed by atoms with Gasteiger partial charge in [0, 0.05) is 18.0 Å². The zero-order valence-electron chi connectivity index (χ0n) is 13.0. The zero-order valence-corrected chi connectivity index (χ0v) is 13.8. The lowest BCUT2D eigenvalue weighted by molar-refractivity contribution is 0.0710. The summed E-state index contributed by atoms with van der Waals surface area (Å²) in [5.41, 5.74) is 3.43. The van der Waals surface area contributed by atoms with Crippen LogP contribution in [0.4, 0.5) is 0 Å². The van der Waals surface area contributed by atoms with Gasteiger partial charge in [-0.3, -0.25) is 4.79 Å². The van der Waals surface area contributed by atoms with Crippen molar-refractivity contribution in [3.63, 3.8) is 0 Å². The summed E-state index contributed by atoms with van der Waals surface area (Å²) >= 11 is 1.55. The van der Waals surface area contributed by atoms with Crippen LogP contribution in [-0.2, 0) is 0 Å². The number of carbonyl (C=O) groups excluding carboxylic acids is 1. The number of fused-ring (bicyclic) bond motifs is 1. The highest BCUT2D eigenvalue weighted by atomic mass is 32.1. The molecule has 1 unspecified atom stereocenters. The van der Waals surface area contributed by atoms with Crippen LogP contribution in [0.15, 0.2) is 28.2 Å². The standard InChI is InChI=1S/C17H16N4O2S/c22-17(11-5-6-12-14(8-11)24-9-18-12)21-7-1-2-13(21)16-19-15(20-23-16)10-3-4-10/h5-6,8-10,13H,1-4,7H2. The van der Waals surface area contributed by atoms with Crippen molar-refractivity contribution in [2.24, 2.45) is 0 Å². The van der Waals surface area contributed by atoms with E-state index in [0.29, 0.717) is 17.4 Å². The predicted octanol–water partition coefficient (Wildman–Crippen LogP) is 3.53. The van der Waals surface area contributed by atoms with Crippen LogP contribution in [-0.4, -0.2) is 32.5 Å². The number of rotatable bonds is 3. The van der Waals surface area contributed by atoms with E-state index in [1.165, 1.54) is 0 Å². The number of aromatic nitrogens is 3. The lowest BCUT2D eigenvalue weighted by Crippen LogP contribution is -2.30. The van der Waals surface area contributed by atoms with Crippen molar-refractivity contribution < 1.29 is 9.32 Å². The van der Waals surface area contributed by atoms with E-state index in [1.54, 1.807) is 16.8 Å². The molecule has 5 rings (SSSR count). The molecule has 1 atom stereocenters. The molecule has 6 nitrogen and oxygen atoms in total. The second-order valence-electron chi connectivity index (χ2n) is 6.46. The Morgan fingerprint density at radius 2 is 2.21 bits per heavy atom. The zero-order chi connectivity index (χ0) is 16.1. The largest absolute Gasteiger partial charge is 0.337 e. The monoisotopic (exact) mass is 340 g/mol. The molecule has 0 N–H and O–H groups in total. The molecule has 1 saturated heterocycles. The number of benzene rings is 1. The lowest BCUT2D eigenvalue weighted by atomic mass is 10.1. The highest BCUT2D eigenvalue weighted by Gasteiger charge is 2.36. The molecule has 2 fully saturated rings. The molecule has 122 valence electrons. The normalized spacial score (nSPS) is 20.8. The van der Waals surface area contributed by atoms with Gasteiger partial charge < -0.3 is 9.42 Å². The van der Waals surface area contributed by atoms with E-state index in [9.17, 15) is 4.79 Å². The second kappa shape index (κ2) is 5.37. The van der Waals surface area contributed by atoms with Crippen LogP contribution in [0.3, 0.4) is 0 Å². The third-order valence-electron chi connectivity index (χ3n) is 4.78. The van der Waals surface area contributed by atoms with E-state index in [2.05, 4.69) is 15.1 Å². The van der Waals surface area contributed by atoms with Crippen LogP contribution in [0.2, 0.25) is 0 Å². The predicted molar refractivity (Wildman–Crippen MR) is 88.9 cm³/mol. The smallest absolute Gasteiger partial charge is 0.254 e. The van der Waals surface area contributed by atoms with Crippen molar-refractivity contribution in [3.05, 3.63) is 41.0 Å². The Morgan fingerprint density at radius 1 is 1.29 bits per heavy atom. The van der Waals surface area contributed by atoms with Crippen LogP contribution in [0, 0.1) is 0 Å². The van der Waals surface area contributed by atoms with Gasteiger partial charge in [0.15, 0.2) is 5.82 Å². The van der Waals surface area contributed by atoms with Gasteiger partial charge in [0.2, 0.25) is 5.89 Å².